The van der Waals surface area contributed by atoms with Gasteiger partial charge in [-0.05, 0) is 120 Å². The molecule has 0 unspecified atom stereocenters. The molecule has 64 heavy (non-hydrogen) atoms. The van der Waals surface area contributed by atoms with Crippen LogP contribution in [0, 0.1) is 13.8 Å². The van der Waals surface area contributed by atoms with Crippen LogP contribution in [0.3, 0.4) is 0 Å². The van der Waals surface area contributed by atoms with Crippen LogP contribution in [-0.2, 0) is 0 Å². The highest BCUT2D eigenvalue weighted by Gasteiger charge is 2.19. The number of hydrogen-bond acceptors (Lipinski definition) is 9. The summed E-state index contributed by atoms with van der Waals surface area (Å²) in [4.78, 5) is 37.6. The molecule has 0 bridgehead atoms. The predicted octanol–water partition coefficient (Wildman–Crippen LogP) is 11.3. The molecular formula is C51H43N13. The molecular weight excluding hydrogens is 795 g/mol. The molecule has 13 heteroatoms. The number of aryl methyl sites for hydroxylation is 2. The molecule has 0 saturated carbocycles. The molecule has 0 aliphatic carbocycles. The van der Waals surface area contributed by atoms with Crippen LogP contribution in [0.1, 0.15) is 36.4 Å². The van der Waals surface area contributed by atoms with Crippen molar-refractivity contribution < 1.29 is 0 Å². The summed E-state index contributed by atoms with van der Waals surface area (Å²) in [6.45, 7) is 11.9. The summed E-state index contributed by atoms with van der Waals surface area (Å²) >= 11 is 0. The van der Waals surface area contributed by atoms with E-state index in [1.54, 1.807) is 49.5 Å². The summed E-state index contributed by atoms with van der Waals surface area (Å²) in [7, 11) is 0. The van der Waals surface area contributed by atoms with E-state index in [9.17, 15) is 0 Å². The SMILES string of the molecule is C=C/C=C(/c1ccncc1)c1nc(-c2n[nH]c3ccc(-c4cncc(C)c4)cc23)[nH]c1C.CC.c1cc(-c2ccc3[nH]nc(-c4nc5nccc(-c6ccncc6)c5[nH]4)c3c2)ccn1. The summed E-state index contributed by atoms with van der Waals surface area (Å²) < 4.78 is 0. The Morgan fingerprint density at radius 1 is 0.562 bits per heavy atom. The van der Waals surface area contributed by atoms with Crippen LogP contribution >= 0.6 is 0 Å². The first-order valence-corrected chi connectivity index (χ1v) is 20.9. The lowest BCUT2D eigenvalue weighted by Crippen LogP contribution is -1.91. The highest BCUT2D eigenvalue weighted by atomic mass is 15.1. The number of nitrogens with zero attached hydrogens (tertiary/aromatic N) is 9. The van der Waals surface area contributed by atoms with Gasteiger partial charge in [0.15, 0.2) is 17.3 Å². The Balaban J connectivity index is 0.000000156. The second-order valence-electron chi connectivity index (χ2n) is 14.6. The van der Waals surface area contributed by atoms with Crippen LogP contribution in [0.15, 0.2) is 159 Å². The minimum absolute atomic E-state index is 0.653. The number of aromatic nitrogens is 13. The molecule has 9 heterocycles. The average Bonchev–Trinajstić information content (AvgIpc) is 4.17. The van der Waals surface area contributed by atoms with Gasteiger partial charge in [-0.1, -0.05) is 44.7 Å². The summed E-state index contributed by atoms with van der Waals surface area (Å²) in [5.41, 5.74) is 16.4. The zero-order chi connectivity index (χ0) is 44.0. The molecule has 9 aromatic heterocycles. The van der Waals surface area contributed by atoms with Crippen molar-refractivity contribution in [3.63, 3.8) is 0 Å². The molecule has 2 aromatic carbocycles. The maximum atomic E-state index is 4.93. The standard InChI is InChI=1S/C26H22N6.C23H15N7.C2H6/c1-4-5-21(18-8-10-27-11-9-18)24-17(3)29-26(30-24)25-22-13-19(6-7-23(22)31-32-25)20-12-16(2)14-28-15-20;1-2-19-18(13-16(1)14-3-8-24-9-4-14)21(30-29-19)23-27-20-17(7-12-26-22(20)28-23)15-5-10-25-11-6-15;1-2/h4-15H,1H2,2-3H3,(H,29,30)(H,31,32);1-13H,(H,29,30)(H,26,27,28);1-2H3/b21-5-;;. The van der Waals surface area contributed by atoms with Crippen LogP contribution in [0.4, 0.5) is 0 Å². The van der Waals surface area contributed by atoms with Crippen molar-refractivity contribution in [2.75, 3.05) is 0 Å². The zero-order valence-corrected chi connectivity index (χ0v) is 35.7. The van der Waals surface area contributed by atoms with Crippen LogP contribution in [0.2, 0.25) is 0 Å². The van der Waals surface area contributed by atoms with Crippen molar-refractivity contribution in [1.29, 1.82) is 0 Å². The van der Waals surface area contributed by atoms with Crippen LogP contribution < -0.4 is 0 Å². The van der Waals surface area contributed by atoms with Gasteiger partial charge in [0.1, 0.15) is 11.4 Å². The number of aromatic amines is 4. The van der Waals surface area contributed by atoms with E-state index >= 15 is 0 Å². The Bertz CT molecular complexity index is 3400. The minimum atomic E-state index is 0.653. The quantitative estimate of drug-likeness (QED) is 0.108. The van der Waals surface area contributed by atoms with E-state index in [0.29, 0.717) is 17.3 Å². The number of allylic oxidation sites excluding steroid dienone is 2. The predicted molar refractivity (Wildman–Crippen MR) is 255 cm³/mol. The summed E-state index contributed by atoms with van der Waals surface area (Å²) in [5, 5.41) is 17.3. The number of rotatable bonds is 8. The fourth-order valence-corrected chi connectivity index (χ4v) is 7.60. The van der Waals surface area contributed by atoms with Crippen molar-refractivity contribution in [3.8, 4) is 56.4 Å². The van der Waals surface area contributed by atoms with Crippen molar-refractivity contribution in [2.24, 2.45) is 0 Å². The maximum Gasteiger partial charge on any atom is 0.178 e. The second-order valence-corrected chi connectivity index (χ2v) is 14.6. The third-order valence-electron chi connectivity index (χ3n) is 10.6. The number of fused-ring (bicyclic) bond motifs is 3. The van der Waals surface area contributed by atoms with Gasteiger partial charge in [-0.25, -0.2) is 15.0 Å². The average molecular weight is 838 g/mol. The zero-order valence-electron chi connectivity index (χ0n) is 35.7. The van der Waals surface area contributed by atoms with E-state index in [-0.39, 0.29) is 0 Å². The fraction of sp³-hybridized carbons (Fsp3) is 0.0784. The number of pyridine rings is 5. The summed E-state index contributed by atoms with van der Waals surface area (Å²) in [6, 6.07) is 28.4. The molecule has 4 N–H and O–H groups in total. The molecule has 11 rings (SSSR count). The number of imidazole rings is 2. The van der Waals surface area contributed by atoms with E-state index < -0.39 is 0 Å². The molecule has 0 fully saturated rings. The Hall–Kier alpha value is -8.71. The lowest BCUT2D eigenvalue weighted by Gasteiger charge is -2.05. The lowest BCUT2D eigenvalue weighted by atomic mass is 10.0. The summed E-state index contributed by atoms with van der Waals surface area (Å²) in [6.07, 6.45) is 19.9. The van der Waals surface area contributed by atoms with Gasteiger partial charge >= 0.3 is 0 Å². The Morgan fingerprint density at radius 3 is 1.78 bits per heavy atom. The number of hydrogen-bond donors (Lipinski definition) is 4. The molecule has 0 atom stereocenters. The molecule has 0 saturated heterocycles. The first-order chi connectivity index (χ1) is 31.5. The Morgan fingerprint density at radius 2 is 1.16 bits per heavy atom. The second kappa shape index (κ2) is 18.1. The van der Waals surface area contributed by atoms with E-state index in [1.807, 2.05) is 101 Å². The van der Waals surface area contributed by atoms with Crippen molar-refractivity contribution in [3.05, 3.63) is 182 Å². The van der Waals surface area contributed by atoms with E-state index in [0.717, 1.165) is 100 Å². The monoisotopic (exact) mass is 837 g/mol. The topological polar surface area (TPSA) is 179 Å². The van der Waals surface area contributed by atoms with Gasteiger partial charge in [-0.3, -0.25) is 30.1 Å². The van der Waals surface area contributed by atoms with Crippen LogP contribution in [0.25, 0.3) is 95.0 Å². The molecule has 0 aliphatic heterocycles. The first kappa shape index (κ1) is 40.7. The van der Waals surface area contributed by atoms with Gasteiger partial charge in [0, 0.05) is 88.9 Å². The normalized spacial score (nSPS) is 11.3. The maximum absolute atomic E-state index is 4.93. The third-order valence-corrected chi connectivity index (χ3v) is 10.6. The third kappa shape index (κ3) is 8.08. The van der Waals surface area contributed by atoms with Crippen molar-refractivity contribution >= 4 is 38.5 Å². The van der Waals surface area contributed by atoms with E-state index in [2.05, 4.69) is 92.2 Å². The molecule has 312 valence electrons. The van der Waals surface area contributed by atoms with E-state index in [4.69, 9.17) is 9.97 Å². The number of H-pyrrole nitrogens is 4. The molecule has 0 aliphatic rings. The summed E-state index contributed by atoms with van der Waals surface area (Å²) in [5.74, 6) is 1.39. The van der Waals surface area contributed by atoms with E-state index in [1.165, 1.54) is 0 Å². The molecule has 13 nitrogen and oxygen atoms in total. The van der Waals surface area contributed by atoms with Gasteiger partial charge in [0.25, 0.3) is 0 Å². The smallest absolute Gasteiger partial charge is 0.178 e. The van der Waals surface area contributed by atoms with Gasteiger partial charge in [-0.2, -0.15) is 10.2 Å². The van der Waals surface area contributed by atoms with Gasteiger partial charge in [0.2, 0.25) is 0 Å². The van der Waals surface area contributed by atoms with Gasteiger partial charge in [-0.15, -0.1) is 0 Å². The Kier molecular flexibility index (Phi) is 11.5. The molecule has 0 spiro atoms. The first-order valence-electron chi connectivity index (χ1n) is 20.9. The lowest BCUT2D eigenvalue weighted by molar-refractivity contribution is 1.10. The molecule has 0 amide bonds. The van der Waals surface area contributed by atoms with Crippen molar-refractivity contribution in [1.82, 2.24) is 65.3 Å². The molecule has 11 aromatic rings. The van der Waals surface area contributed by atoms with Crippen LogP contribution in [-0.4, -0.2) is 65.3 Å². The number of nitrogens with one attached hydrogen (secondary N) is 4. The van der Waals surface area contributed by atoms with Gasteiger partial charge in [0.05, 0.1) is 22.2 Å². The van der Waals surface area contributed by atoms with Crippen LogP contribution in [0.5, 0.6) is 0 Å². The minimum Gasteiger partial charge on any atom is -0.340 e. The molecule has 0 radical (unpaired) electrons. The largest absolute Gasteiger partial charge is 0.340 e. The highest BCUT2D eigenvalue weighted by Crippen LogP contribution is 2.34. The van der Waals surface area contributed by atoms with Crippen molar-refractivity contribution in [2.45, 2.75) is 27.7 Å². The number of benzene rings is 2. The highest BCUT2D eigenvalue weighted by molar-refractivity contribution is 5.98. The van der Waals surface area contributed by atoms with Gasteiger partial charge < -0.3 is 9.97 Å². The fourth-order valence-electron chi connectivity index (χ4n) is 7.60. The Labute approximate surface area is 368 Å².